The van der Waals surface area contributed by atoms with E-state index in [0.29, 0.717) is 0 Å². The van der Waals surface area contributed by atoms with Gasteiger partial charge >= 0.3 is 0 Å². The molecule has 0 amide bonds. The van der Waals surface area contributed by atoms with Crippen LogP contribution in [-0.2, 0) is 0 Å². The van der Waals surface area contributed by atoms with Crippen LogP contribution in [0.3, 0.4) is 0 Å². The van der Waals surface area contributed by atoms with Crippen molar-refractivity contribution in [2.24, 2.45) is 47.3 Å². The lowest BCUT2D eigenvalue weighted by molar-refractivity contribution is -0.202. The van der Waals surface area contributed by atoms with Gasteiger partial charge in [-0.1, -0.05) is 13.8 Å². The van der Waals surface area contributed by atoms with E-state index in [9.17, 15) is 0 Å². The van der Waals surface area contributed by atoms with Crippen molar-refractivity contribution in [3.05, 3.63) is 0 Å². The summed E-state index contributed by atoms with van der Waals surface area (Å²) in [4.78, 5) is 0. The summed E-state index contributed by atoms with van der Waals surface area (Å²) in [5, 5.41) is 0. The average molecular weight is 218 g/mol. The van der Waals surface area contributed by atoms with E-state index in [-0.39, 0.29) is 0 Å². The zero-order valence-electron chi connectivity index (χ0n) is 10.9. The lowest BCUT2D eigenvalue weighted by Gasteiger charge is -2.69. The minimum atomic E-state index is 1.19. The molecule has 0 heteroatoms. The highest BCUT2D eigenvalue weighted by atomic mass is 14.7. The van der Waals surface area contributed by atoms with Crippen LogP contribution < -0.4 is 0 Å². The smallest absolute Gasteiger partial charge is 0.0349 e. The Bertz CT molecular complexity index is 205. The first kappa shape index (κ1) is 9.97. The molecule has 0 aromatic carbocycles. The third kappa shape index (κ3) is 1.03. The molecule has 7 aliphatic rings. The molecule has 0 aliphatic heterocycles. The quantitative estimate of drug-likeness (QED) is 0.567. The zero-order valence-corrected chi connectivity index (χ0v) is 10.9. The van der Waals surface area contributed by atoms with Gasteiger partial charge in [-0.05, 0) is 85.9 Å². The summed E-state index contributed by atoms with van der Waals surface area (Å²) in [5.41, 5.74) is 0. The van der Waals surface area contributed by atoms with Crippen LogP contribution in [0.25, 0.3) is 0 Å². The van der Waals surface area contributed by atoms with E-state index < -0.39 is 0 Å². The summed E-state index contributed by atoms with van der Waals surface area (Å²) < 4.78 is 0. The van der Waals surface area contributed by atoms with Crippen LogP contribution in [0.5, 0.6) is 0 Å². The van der Waals surface area contributed by atoms with Gasteiger partial charge < -0.3 is 0 Å². The minimum absolute atomic E-state index is 1.19. The van der Waals surface area contributed by atoms with Gasteiger partial charge in [0.05, 0.1) is 0 Å². The summed E-state index contributed by atoms with van der Waals surface area (Å²) in [5.74, 6) is 9.74. The molecule has 16 heavy (non-hydrogen) atoms. The maximum atomic E-state index is 2.00. The molecule has 0 aromatic heterocycles. The van der Waals surface area contributed by atoms with E-state index in [2.05, 4.69) is 0 Å². The van der Waals surface area contributed by atoms with Gasteiger partial charge in [-0.25, -0.2) is 0 Å². The van der Waals surface area contributed by atoms with E-state index in [1.165, 1.54) is 47.3 Å². The van der Waals surface area contributed by atoms with E-state index >= 15 is 0 Å². The second-order valence-corrected chi connectivity index (χ2v) is 7.13. The van der Waals surface area contributed by atoms with Gasteiger partial charge in [0.15, 0.2) is 0 Å². The van der Waals surface area contributed by atoms with Crippen LogP contribution in [0.2, 0.25) is 0 Å². The van der Waals surface area contributed by atoms with Crippen molar-refractivity contribution < 1.29 is 0 Å². The topological polar surface area (TPSA) is 0 Å². The Morgan fingerprint density at radius 3 is 0.812 bits per heavy atom. The van der Waals surface area contributed by atoms with Crippen molar-refractivity contribution in [1.29, 1.82) is 0 Å². The van der Waals surface area contributed by atoms with E-state index in [1.807, 2.05) is 13.8 Å². The average Bonchev–Trinajstić information content (AvgIpc) is 2.37. The summed E-state index contributed by atoms with van der Waals surface area (Å²) in [6, 6.07) is 0. The van der Waals surface area contributed by atoms with Gasteiger partial charge in [-0.3, -0.25) is 0 Å². The molecule has 0 radical (unpaired) electrons. The Morgan fingerprint density at radius 1 is 0.438 bits per heavy atom. The molecule has 0 atom stereocenters. The van der Waals surface area contributed by atoms with Crippen LogP contribution in [0.4, 0.5) is 0 Å². The first-order valence-corrected chi connectivity index (χ1v) is 7.90. The first-order valence-electron chi connectivity index (χ1n) is 7.90. The van der Waals surface area contributed by atoms with Crippen molar-refractivity contribution in [2.45, 2.75) is 52.4 Å². The van der Waals surface area contributed by atoms with Gasteiger partial charge in [0, 0.05) is 0 Å². The van der Waals surface area contributed by atoms with E-state index in [1.54, 1.807) is 38.5 Å². The number of hydrogen-bond acceptors (Lipinski definition) is 0. The van der Waals surface area contributed by atoms with Gasteiger partial charge in [0.25, 0.3) is 0 Å². The van der Waals surface area contributed by atoms with Gasteiger partial charge in [0.1, 0.15) is 0 Å². The molecule has 7 saturated carbocycles. The zero-order chi connectivity index (χ0) is 10.9. The van der Waals surface area contributed by atoms with Crippen molar-refractivity contribution in [3.63, 3.8) is 0 Å². The summed E-state index contributed by atoms with van der Waals surface area (Å²) >= 11 is 0. The lowest BCUT2D eigenvalue weighted by atomic mass is 9.36. The summed E-state index contributed by atoms with van der Waals surface area (Å²) in [6.45, 7) is 4.00. The highest BCUT2D eigenvalue weighted by Crippen LogP contribution is 2.71. The fourth-order valence-electron chi connectivity index (χ4n) is 6.89. The summed E-state index contributed by atoms with van der Waals surface area (Å²) in [7, 11) is 0. The van der Waals surface area contributed by atoms with Crippen molar-refractivity contribution in [3.8, 4) is 0 Å². The summed E-state index contributed by atoms with van der Waals surface area (Å²) in [6.07, 6.45) is 9.93. The standard InChI is InChI=1S/C14H20.C2H6/c1-7-2-12-10-4-8-5-11(9(1)10)13(3-7)14(12)6-8;1-2/h7-14H,1-6H2;1-2H3. The highest BCUT2D eigenvalue weighted by Gasteiger charge is 2.63. The molecular weight excluding hydrogens is 192 g/mol. The minimum Gasteiger partial charge on any atom is -0.0683 e. The molecule has 0 unspecified atom stereocenters. The third-order valence-corrected chi connectivity index (χ3v) is 6.93. The Morgan fingerprint density at radius 2 is 0.625 bits per heavy atom. The fraction of sp³-hybridized carbons (Fsp3) is 1.00. The van der Waals surface area contributed by atoms with Gasteiger partial charge in [-0.15, -0.1) is 0 Å². The second kappa shape index (κ2) is 3.27. The maximum absolute atomic E-state index is 2.00. The molecule has 0 nitrogen and oxygen atoms in total. The Hall–Kier alpha value is 0. The van der Waals surface area contributed by atoms with Crippen LogP contribution in [-0.4, -0.2) is 0 Å². The van der Waals surface area contributed by atoms with Crippen LogP contribution in [0, 0.1) is 47.3 Å². The van der Waals surface area contributed by atoms with Crippen LogP contribution in [0.1, 0.15) is 52.4 Å². The van der Waals surface area contributed by atoms with Crippen LogP contribution >= 0.6 is 0 Å². The predicted octanol–water partition coefficient (Wildman–Crippen LogP) is 4.35. The SMILES string of the molecule is C1C2CC3C4CC5CC(C14)C(C2)C3C5.CC. The molecule has 7 aliphatic carbocycles. The fourth-order valence-corrected chi connectivity index (χ4v) is 6.89. The van der Waals surface area contributed by atoms with Gasteiger partial charge in [-0.2, -0.15) is 0 Å². The van der Waals surface area contributed by atoms with Crippen LogP contribution in [0.15, 0.2) is 0 Å². The largest absolute Gasteiger partial charge is 0.0683 e. The Balaban J connectivity index is 0.000000345. The Labute approximate surface area is 100 Å². The normalized spacial score (nSPS) is 63.4. The Kier molecular flexibility index (Phi) is 2.04. The molecule has 0 spiro atoms. The maximum Gasteiger partial charge on any atom is -0.0349 e. The molecule has 0 heterocycles. The van der Waals surface area contributed by atoms with Crippen molar-refractivity contribution in [1.82, 2.24) is 0 Å². The molecule has 8 bridgehead atoms. The molecule has 7 rings (SSSR count). The second-order valence-electron chi connectivity index (χ2n) is 7.13. The molecular formula is C16H26. The van der Waals surface area contributed by atoms with E-state index in [0.717, 1.165) is 0 Å². The molecule has 90 valence electrons. The van der Waals surface area contributed by atoms with Crippen molar-refractivity contribution >= 4 is 0 Å². The predicted molar refractivity (Wildman–Crippen MR) is 67.0 cm³/mol. The highest BCUT2D eigenvalue weighted by molar-refractivity contribution is 5.12. The number of hydrogen-bond donors (Lipinski definition) is 0. The molecule has 0 saturated heterocycles. The monoisotopic (exact) mass is 218 g/mol. The third-order valence-electron chi connectivity index (χ3n) is 6.93. The number of rotatable bonds is 0. The molecule has 0 aromatic rings. The van der Waals surface area contributed by atoms with E-state index in [4.69, 9.17) is 0 Å². The first-order chi connectivity index (χ1) is 7.90. The van der Waals surface area contributed by atoms with Crippen molar-refractivity contribution in [2.75, 3.05) is 0 Å². The molecule has 7 fully saturated rings. The lowest BCUT2D eigenvalue weighted by Crippen LogP contribution is -2.62. The molecule has 0 N–H and O–H groups in total. The van der Waals surface area contributed by atoms with Gasteiger partial charge in [0.2, 0.25) is 0 Å².